The first-order valence-electron chi connectivity index (χ1n) is 9.99. The second kappa shape index (κ2) is 7.40. The highest BCUT2D eigenvalue weighted by Crippen LogP contribution is 2.35. The Morgan fingerprint density at radius 1 is 1.17 bits per heavy atom. The fourth-order valence-electron chi connectivity index (χ4n) is 3.97. The molecule has 1 aromatic heterocycles. The number of primary amides is 1. The molecule has 3 N–H and O–H groups in total. The van der Waals surface area contributed by atoms with Gasteiger partial charge < -0.3 is 11.1 Å². The van der Waals surface area contributed by atoms with Crippen LogP contribution in [0.5, 0.6) is 0 Å². The minimum Gasteiger partial charge on any atom is -0.378 e. The summed E-state index contributed by atoms with van der Waals surface area (Å²) < 4.78 is 1.69. The van der Waals surface area contributed by atoms with E-state index < -0.39 is 5.91 Å². The lowest BCUT2D eigenvalue weighted by atomic mass is 9.77. The number of nitrogens with zero attached hydrogens (tertiary/aromatic N) is 3. The number of nitrogens with one attached hydrogen (secondary N) is 1. The number of Topliss-reactive ketones (excluding diaryl/α,β-unsaturated/α-hetero) is 1. The molecule has 0 saturated heterocycles. The molecule has 1 aliphatic carbocycles. The van der Waals surface area contributed by atoms with E-state index in [4.69, 9.17) is 5.73 Å². The van der Waals surface area contributed by atoms with Gasteiger partial charge >= 0.3 is 0 Å². The highest BCUT2D eigenvalue weighted by Gasteiger charge is 2.35. The topological polar surface area (TPSA) is 103 Å². The average molecular weight is 403 g/mol. The molecule has 0 saturated carbocycles. The van der Waals surface area contributed by atoms with Gasteiger partial charge in [-0.1, -0.05) is 49.4 Å². The third-order valence-electron chi connectivity index (χ3n) is 5.50. The summed E-state index contributed by atoms with van der Waals surface area (Å²) in [6, 6.07) is 15.2. The molecule has 0 bridgehead atoms. The van der Waals surface area contributed by atoms with Crippen LogP contribution >= 0.6 is 0 Å². The van der Waals surface area contributed by atoms with E-state index in [0.29, 0.717) is 29.8 Å². The summed E-state index contributed by atoms with van der Waals surface area (Å²) in [6.45, 7) is 6.15. The van der Waals surface area contributed by atoms with Gasteiger partial charge in [0.05, 0.1) is 16.9 Å². The van der Waals surface area contributed by atoms with E-state index in [1.54, 1.807) is 16.8 Å². The predicted octanol–water partition coefficient (Wildman–Crippen LogP) is 3.69. The number of rotatable bonds is 5. The Morgan fingerprint density at radius 2 is 1.90 bits per heavy atom. The van der Waals surface area contributed by atoms with E-state index in [2.05, 4.69) is 29.5 Å². The van der Waals surface area contributed by atoms with E-state index in [9.17, 15) is 9.59 Å². The zero-order valence-electron chi connectivity index (χ0n) is 17.3. The minimum atomic E-state index is -0.513. The lowest BCUT2D eigenvalue weighted by Gasteiger charge is -2.28. The Kier molecular flexibility index (Phi) is 4.89. The molecular formula is C23H25N5O2. The van der Waals surface area contributed by atoms with Gasteiger partial charge in [0.15, 0.2) is 11.5 Å². The van der Waals surface area contributed by atoms with Gasteiger partial charge in [0.2, 0.25) is 0 Å². The molecule has 0 aliphatic heterocycles. The number of fused-ring (bicyclic) bond motifs is 1. The second-order valence-corrected chi connectivity index (χ2v) is 8.61. The van der Waals surface area contributed by atoms with Crippen LogP contribution in [0.3, 0.4) is 0 Å². The first kappa shape index (κ1) is 19.8. The zero-order chi connectivity index (χ0) is 21.5. The molecule has 2 aromatic carbocycles. The molecule has 0 radical (unpaired) electrons. The van der Waals surface area contributed by atoms with Gasteiger partial charge in [0.25, 0.3) is 5.91 Å². The second-order valence-electron chi connectivity index (χ2n) is 8.61. The molecular weight excluding hydrogens is 378 g/mol. The number of nitrogens with two attached hydrogens (primary N) is 1. The van der Waals surface area contributed by atoms with E-state index >= 15 is 0 Å². The molecule has 1 amide bonds. The van der Waals surface area contributed by atoms with Gasteiger partial charge in [-0.3, -0.25) is 9.59 Å². The molecule has 0 fully saturated rings. The first-order valence-corrected chi connectivity index (χ1v) is 9.99. The summed E-state index contributed by atoms with van der Waals surface area (Å²) in [4.78, 5) is 24.5. The quantitative estimate of drug-likeness (QED) is 0.676. The summed E-state index contributed by atoms with van der Waals surface area (Å²) in [7, 11) is 0. The molecule has 1 heterocycles. The van der Waals surface area contributed by atoms with Crippen molar-refractivity contribution in [3.05, 3.63) is 71.0 Å². The van der Waals surface area contributed by atoms with Crippen LogP contribution < -0.4 is 11.1 Å². The number of aromatic nitrogens is 3. The third-order valence-corrected chi connectivity index (χ3v) is 5.50. The number of ketones is 1. The van der Waals surface area contributed by atoms with Crippen molar-refractivity contribution in [1.82, 2.24) is 15.0 Å². The van der Waals surface area contributed by atoms with E-state index in [1.165, 1.54) is 0 Å². The maximum atomic E-state index is 12.5. The lowest BCUT2D eigenvalue weighted by molar-refractivity contribution is 0.0905. The van der Waals surface area contributed by atoms with Crippen molar-refractivity contribution in [3.8, 4) is 5.69 Å². The maximum absolute atomic E-state index is 12.5. The summed E-state index contributed by atoms with van der Waals surface area (Å²) in [6.07, 6.45) is 1.16. The van der Waals surface area contributed by atoms with Crippen molar-refractivity contribution >= 4 is 17.4 Å². The number of carbonyl (C=O) groups excluding carboxylic acids is 2. The summed E-state index contributed by atoms with van der Waals surface area (Å²) in [5.74, 6) is -0.501. The van der Waals surface area contributed by atoms with Gasteiger partial charge in [0.1, 0.15) is 0 Å². The van der Waals surface area contributed by atoms with Crippen molar-refractivity contribution < 1.29 is 9.59 Å². The number of hydrogen-bond donors (Lipinski definition) is 2. The molecule has 154 valence electrons. The molecule has 1 aliphatic rings. The molecule has 1 atom stereocenters. The molecule has 7 heteroatoms. The highest BCUT2D eigenvalue weighted by molar-refractivity contribution is 5.99. The van der Waals surface area contributed by atoms with E-state index in [1.807, 2.05) is 43.3 Å². The Morgan fingerprint density at radius 3 is 2.60 bits per heavy atom. The van der Waals surface area contributed by atoms with Crippen molar-refractivity contribution in [2.45, 2.75) is 39.7 Å². The molecule has 4 rings (SSSR count). The molecule has 3 aromatic rings. The van der Waals surface area contributed by atoms with Crippen LogP contribution in [0.1, 0.15) is 65.3 Å². The zero-order valence-corrected chi connectivity index (χ0v) is 17.3. The van der Waals surface area contributed by atoms with Gasteiger partial charge in [-0.2, -0.15) is 0 Å². The Hall–Kier alpha value is -3.48. The SMILES string of the molecule is C[C@@H](Nc1cc(-n2nnc3c2CC(C)(C)CC3=O)ccc1C(N)=O)c1ccccc1. The predicted molar refractivity (Wildman–Crippen MR) is 115 cm³/mol. The Bertz CT molecular complexity index is 1120. The standard InChI is InChI=1S/C23H25N5O2/c1-14(15-7-5-4-6-8-15)25-18-11-16(9-10-17(18)22(24)30)28-19-12-23(2,3)13-20(29)21(19)26-27-28/h4-11,14,25H,12-13H2,1-3H3,(H2,24,30)/t14-/m1/s1. The van der Waals surface area contributed by atoms with E-state index in [0.717, 1.165) is 16.9 Å². The van der Waals surface area contributed by atoms with Crippen LogP contribution in [0.25, 0.3) is 5.69 Å². The normalized spacial score (nSPS) is 16.0. The van der Waals surface area contributed by atoms with Crippen LogP contribution in [0.4, 0.5) is 5.69 Å². The van der Waals surface area contributed by atoms with Crippen molar-refractivity contribution in [2.24, 2.45) is 11.1 Å². The fourth-order valence-corrected chi connectivity index (χ4v) is 3.97. The first-order chi connectivity index (χ1) is 14.2. The van der Waals surface area contributed by atoms with E-state index in [-0.39, 0.29) is 17.2 Å². The summed E-state index contributed by atoms with van der Waals surface area (Å²) >= 11 is 0. The van der Waals surface area contributed by atoms with Gasteiger partial charge in [-0.05, 0) is 42.5 Å². The largest absolute Gasteiger partial charge is 0.378 e. The third kappa shape index (κ3) is 3.70. The van der Waals surface area contributed by atoms with Crippen LogP contribution in [-0.2, 0) is 6.42 Å². The number of carbonyl (C=O) groups is 2. The fraction of sp³-hybridized carbons (Fsp3) is 0.304. The van der Waals surface area contributed by atoms with Crippen LogP contribution in [0.2, 0.25) is 0 Å². The number of hydrogen-bond acceptors (Lipinski definition) is 5. The highest BCUT2D eigenvalue weighted by atomic mass is 16.1. The Labute approximate surface area is 175 Å². The van der Waals surface area contributed by atoms with Gasteiger partial charge in [-0.25, -0.2) is 4.68 Å². The molecule has 7 nitrogen and oxygen atoms in total. The average Bonchev–Trinajstić information content (AvgIpc) is 3.11. The number of anilines is 1. The van der Waals surface area contributed by atoms with Crippen LogP contribution in [0, 0.1) is 5.41 Å². The summed E-state index contributed by atoms with van der Waals surface area (Å²) in [5, 5.41) is 11.8. The number of benzene rings is 2. The minimum absolute atomic E-state index is 0.0114. The maximum Gasteiger partial charge on any atom is 0.250 e. The molecule has 30 heavy (non-hydrogen) atoms. The molecule has 0 unspecified atom stereocenters. The Balaban J connectivity index is 1.74. The van der Waals surface area contributed by atoms with Crippen LogP contribution in [-0.4, -0.2) is 26.7 Å². The number of amides is 1. The van der Waals surface area contributed by atoms with Crippen molar-refractivity contribution in [2.75, 3.05) is 5.32 Å². The smallest absolute Gasteiger partial charge is 0.250 e. The summed E-state index contributed by atoms with van der Waals surface area (Å²) in [5.41, 5.74) is 9.50. The van der Waals surface area contributed by atoms with Crippen molar-refractivity contribution in [3.63, 3.8) is 0 Å². The van der Waals surface area contributed by atoms with Crippen molar-refractivity contribution in [1.29, 1.82) is 0 Å². The van der Waals surface area contributed by atoms with Gasteiger partial charge in [-0.15, -0.1) is 5.10 Å². The monoisotopic (exact) mass is 403 g/mol. The molecule has 0 spiro atoms. The van der Waals surface area contributed by atoms with Crippen LogP contribution in [0.15, 0.2) is 48.5 Å². The van der Waals surface area contributed by atoms with Gasteiger partial charge in [0, 0.05) is 18.2 Å². The lowest BCUT2D eigenvalue weighted by Crippen LogP contribution is -2.28.